The standard InChI is InChI=1S/C52H66N4O2S/c1-35-19-15-17-21-45(35)51(55(11)12)29-27-43(33-39(51)5)49(41-23-25-47(53(7)8)37(3)31-41)59(57,58)50(42-24-26-48(54(9)10)38(4)32-42)44-28-30-52(56(13)14,40(6)34-44)46-22-18-16-20-36(46)2/h15-34,39-40,49-50H,1-14H3. The molecule has 6 unspecified atom stereocenters. The summed E-state index contributed by atoms with van der Waals surface area (Å²) >= 11 is 0. The highest BCUT2D eigenvalue weighted by Crippen LogP contribution is 2.51. The van der Waals surface area contributed by atoms with Crippen LogP contribution in [-0.2, 0) is 20.9 Å². The van der Waals surface area contributed by atoms with Gasteiger partial charge in [-0.15, -0.1) is 0 Å². The number of rotatable bonds is 12. The van der Waals surface area contributed by atoms with Crippen molar-refractivity contribution >= 4 is 21.2 Å². The SMILES string of the molecule is Cc1cc(C(C2=CC(C)C(c3ccccc3C)(N(C)C)C=C2)S(=O)(=O)C(C2=CC(C)C(c3ccccc3C)(N(C)C)C=C2)c2ccc(N(C)C)c(C)c2)ccc1N(C)C. The minimum atomic E-state index is -4.07. The third kappa shape index (κ3) is 7.67. The van der Waals surface area contributed by atoms with Gasteiger partial charge in [-0.3, -0.25) is 9.80 Å². The smallest absolute Gasteiger partial charge is 0.172 e. The van der Waals surface area contributed by atoms with E-state index < -0.39 is 31.4 Å². The predicted octanol–water partition coefficient (Wildman–Crippen LogP) is 10.4. The van der Waals surface area contributed by atoms with Gasteiger partial charge < -0.3 is 9.80 Å². The fourth-order valence-corrected chi connectivity index (χ4v) is 12.7. The molecule has 0 heterocycles. The number of hydrogen-bond acceptors (Lipinski definition) is 6. The van der Waals surface area contributed by atoms with E-state index in [1.54, 1.807) is 0 Å². The average molecular weight is 811 g/mol. The quantitative estimate of drug-likeness (QED) is 0.142. The Balaban J connectivity index is 1.60. The second-order valence-electron chi connectivity index (χ2n) is 17.9. The van der Waals surface area contributed by atoms with E-state index in [1.165, 1.54) is 22.3 Å². The Labute approximate surface area is 356 Å². The highest BCUT2D eigenvalue weighted by Gasteiger charge is 2.47. The summed E-state index contributed by atoms with van der Waals surface area (Å²) in [4.78, 5) is 8.71. The second-order valence-corrected chi connectivity index (χ2v) is 20.0. The van der Waals surface area contributed by atoms with Crippen LogP contribution in [0.25, 0.3) is 0 Å². The van der Waals surface area contributed by atoms with Crippen LogP contribution in [0.15, 0.2) is 133 Å². The first kappa shape index (κ1) is 43.9. The number of benzene rings is 4. The zero-order valence-corrected chi connectivity index (χ0v) is 38.7. The van der Waals surface area contributed by atoms with E-state index in [2.05, 4.69) is 199 Å². The molecule has 0 aliphatic heterocycles. The molecule has 0 amide bonds. The summed E-state index contributed by atoms with van der Waals surface area (Å²) in [6.07, 6.45) is 13.2. The van der Waals surface area contributed by atoms with Gasteiger partial charge in [-0.05, 0) is 124 Å². The molecule has 0 radical (unpaired) electrons. The topological polar surface area (TPSA) is 47.1 Å². The molecule has 2 aliphatic rings. The molecule has 0 fully saturated rings. The van der Waals surface area contributed by atoms with Gasteiger partial charge in [0.25, 0.3) is 0 Å². The van der Waals surface area contributed by atoms with Crippen molar-refractivity contribution in [3.63, 3.8) is 0 Å². The van der Waals surface area contributed by atoms with Gasteiger partial charge in [-0.25, -0.2) is 8.42 Å². The molecule has 6 nitrogen and oxygen atoms in total. The molecule has 0 N–H and O–H groups in total. The lowest BCUT2D eigenvalue weighted by molar-refractivity contribution is 0.158. The van der Waals surface area contributed by atoms with E-state index in [0.29, 0.717) is 0 Å². The highest BCUT2D eigenvalue weighted by molar-refractivity contribution is 7.92. The number of allylic oxidation sites excluding steroid dienone is 2. The van der Waals surface area contributed by atoms with Gasteiger partial charge in [0.1, 0.15) is 10.5 Å². The predicted molar refractivity (Wildman–Crippen MR) is 251 cm³/mol. The molecule has 0 aromatic heterocycles. The summed E-state index contributed by atoms with van der Waals surface area (Å²) in [5.74, 6) is -0.0794. The van der Waals surface area contributed by atoms with E-state index in [4.69, 9.17) is 0 Å². The van der Waals surface area contributed by atoms with E-state index >= 15 is 8.42 Å². The Morgan fingerprint density at radius 2 is 0.864 bits per heavy atom. The maximum absolute atomic E-state index is 16.4. The van der Waals surface area contributed by atoms with Crippen molar-refractivity contribution in [3.05, 3.63) is 177 Å². The fourth-order valence-electron chi connectivity index (χ4n) is 10.3. The molecule has 59 heavy (non-hydrogen) atoms. The molecule has 2 aliphatic carbocycles. The molecule has 0 spiro atoms. The van der Waals surface area contributed by atoms with Gasteiger partial charge in [0.15, 0.2) is 9.84 Å². The first-order valence-electron chi connectivity index (χ1n) is 20.9. The van der Waals surface area contributed by atoms with Crippen LogP contribution in [0.3, 0.4) is 0 Å². The first-order chi connectivity index (χ1) is 27.8. The van der Waals surface area contributed by atoms with Gasteiger partial charge in [0, 0.05) is 51.4 Å². The number of aryl methyl sites for hydroxylation is 4. The van der Waals surface area contributed by atoms with E-state index in [9.17, 15) is 0 Å². The molecule has 0 saturated heterocycles. The molecule has 7 heteroatoms. The maximum Gasteiger partial charge on any atom is 0.172 e. The monoisotopic (exact) mass is 810 g/mol. The average Bonchev–Trinajstić information content (AvgIpc) is 3.15. The van der Waals surface area contributed by atoms with E-state index in [-0.39, 0.29) is 11.8 Å². The zero-order chi connectivity index (χ0) is 43.2. The Hall–Kier alpha value is -4.69. The molecule has 4 aromatic rings. The number of likely N-dealkylation sites (N-methyl/N-ethyl adjacent to an activating group) is 2. The molecule has 6 rings (SSSR count). The van der Waals surface area contributed by atoms with Crippen molar-refractivity contribution in [2.45, 2.75) is 63.1 Å². The number of sulfone groups is 1. The molecular formula is C52H66N4O2S. The number of nitrogens with zero attached hydrogens (tertiary/aromatic N) is 4. The second kappa shape index (κ2) is 16.8. The summed E-state index contributed by atoms with van der Waals surface area (Å²) < 4.78 is 32.7. The van der Waals surface area contributed by atoms with Crippen molar-refractivity contribution in [1.29, 1.82) is 0 Å². The maximum atomic E-state index is 16.4. The number of anilines is 2. The van der Waals surface area contributed by atoms with Crippen molar-refractivity contribution in [3.8, 4) is 0 Å². The molecule has 6 atom stereocenters. The Morgan fingerprint density at radius 3 is 1.15 bits per heavy atom. The van der Waals surface area contributed by atoms with Gasteiger partial charge in [-0.2, -0.15) is 0 Å². The van der Waals surface area contributed by atoms with Crippen LogP contribution in [-0.4, -0.2) is 74.6 Å². The van der Waals surface area contributed by atoms with Crippen molar-refractivity contribution in [2.75, 3.05) is 66.2 Å². The molecular weight excluding hydrogens is 745 g/mol. The Morgan fingerprint density at radius 1 is 0.508 bits per heavy atom. The normalized spacial score (nSPS) is 22.9. The molecule has 312 valence electrons. The lowest BCUT2D eigenvalue weighted by atomic mass is 9.72. The van der Waals surface area contributed by atoms with Crippen LogP contribution in [0.2, 0.25) is 0 Å². The molecule has 4 aromatic carbocycles. The lowest BCUT2D eigenvalue weighted by Gasteiger charge is -2.46. The number of hydrogen-bond donors (Lipinski definition) is 0. The zero-order valence-electron chi connectivity index (χ0n) is 37.9. The fraction of sp³-hybridized carbons (Fsp3) is 0.385. The Bertz CT molecular complexity index is 2270. The van der Waals surface area contributed by atoms with Crippen molar-refractivity contribution < 1.29 is 8.42 Å². The van der Waals surface area contributed by atoms with Gasteiger partial charge >= 0.3 is 0 Å². The third-order valence-electron chi connectivity index (χ3n) is 13.2. The largest absolute Gasteiger partial charge is 0.377 e. The Kier molecular flexibility index (Phi) is 12.5. The van der Waals surface area contributed by atoms with Gasteiger partial charge in [0.05, 0.1) is 11.1 Å². The van der Waals surface area contributed by atoms with Crippen LogP contribution in [0.5, 0.6) is 0 Å². The summed E-state index contributed by atoms with van der Waals surface area (Å²) in [5.41, 5.74) is 11.2. The van der Waals surface area contributed by atoms with E-state index in [1.807, 2.05) is 40.3 Å². The highest BCUT2D eigenvalue weighted by atomic mass is 32.2. The summed E-state index contributed by atoms with van der Waals surface area (Å²) in [7, 11) is 12.5. The summed E-state index contributed by atoms with van der Waals surface area (Å²) in [6.45, 7) is 12.9. The van der Waals surface area contributed by atoms with E-state index in [0.717, 1.165) is 44.8 Å². The van der Waals surface area contributed by atoms with Crippen LogP contribution < -0.4 is 9.80 Å². The summed E-state index contributed by atoms with van der Waals surface area (Å²) in [6, 6.07) is 29.5. The molecule has 0 saturated carbocycles. The van der Waals surface area contributed by atoms with Gasteiger partial charge in [0.2, 0.25) is 0 Å². The van der Waals surface area contributed by atoms with Gasteiger partial charge in [-0.1, -0.05) is 123 Å². The third-order valence-corrected chi connectivity index (χ3v) is 15.6. The minimum absolute atomic E-state index is 0.0397. The van der Waals surface area contributed by atoms with Crippen LogP contribution in [0, 0.1) is 39.5 Å². The molecule has 0 bridgehead atoms. The van der Waals surface area contributed by atoms with Crippen LogP contribution in [0.1, 0.15) is 68.9 Å². The lowest BCUT2D eigenvalue weighted by Crippen LogP contribution is -2.46. The van der Waals surface area contributed by atoms with Crippen LogP contribution >= 0.6 is 0 Å². The van der Waals surface area contributed by atoms with Crippen molar-refractivity contribution in [1.82, 2.24) is 9.80 Å². The van der Waals surface area contributed by atoms with Crippen LogP contribution in [0.4, 0.5) is 11.4 Å². The van der Waals surface area contributed by atoms with Crippen molar-refractivity contribution in [2.24, 2.45) is 11.8 Å². The first-order valence-corrected chi connectivity index (χ1v) is 22.5. The minimum Gasteiger partial charge on any atom is -0.377 e. The summed E-state index contributed by atoms with van der Waals surface area (Å²) in [5, 5.41) is -1.87.